The molecule has 0 spiro atoms. The normalized spacial score (nSPS) is 35.6. The number of phenols is 3. The van der Waals surface area contributed by atoms with Crippen molar-refractivity contribution in [1.82, 2.24) is 0 Å². The number of phenolic OH excluding ortho intramolecular Hbond substituents is 3. The van der Waals surface area contributed by atoms with E-state index in [-0.39, 0.29) is 28.4 Å². The first kappa shape index (κ1) is 57.1. The third kappa shape index (κ3) is 12.3. The summed E-state index contributed by atoms with van der Waals surface area (Å²) in [5.41, 5.74) is -0.921. The molecule has 4 aliphatic rings. The van der Waals surface area contributed by atoms with Gasteiger partial charge in [0.2, 0.25) is 23.8 Å². The second-order valence-electron chi connectivity index (χ2n) is 18.6. The summed E-state index contributed by atoms with van der Waals surface area (Å²) in [7, 11) is 0. The van der Waals surface area contributed by atoms with Crippen LogP contribution >= 0.6 is 0 Å². The molecule has 4 fully saturated rings. The summed E-state index contributed by atoms with van der Waals surface area (Å²) in [6, 6.07) is 12.9. The van der Waals surface area contributed by atoms with Crippen molar-refractivity contribution < 1.29 is 128 Å². The zero-order valence-electron chi connectivity index (χ0n) is 40.9. The summed E-state index contributed by atoms with van der Waals surface area (Å²) in [6.45, 7) is 2.26. The van der Waals surface area contributed by atoms with E-state index in [1.165, 1.54) is 68.5 Å². The molecule has 77 heavy (non-hydrogen) atoms. The number of aliphatic hydroxyl groups is 10. The third-order valence-corrected chi connectivity index (χ3v) is 13.1. The van der Waals surface area contributed by atoms with E-state index in [1.807, 2.05) is 0 Å². The highest BCUT2D eigenvalue weighted by atomic mass is 16.8. The van der Waals surface area contributed by atoms with Gasteiger partial charge in [0.25, 0.3) is 0 Å². The highest BCUT2D eigenvalue weighted by Crippen LogP contribution is 2.39. The number of aliphatic hydroxyl groups excluding tert-OH is 10. The number of fused-ring (bicyclic) bond motifs is 1. The molecule has 20 atom stereocenters. The first-order chi connectivity index (χ1) is 36.5. The maximum Gasteiger partial charge on any atom is 0.331 e. The minimum Gasteiger partial charge on any atom is -0.508 e. The number of benzene rings is 3. The van der Waals surface area contributed by atoms with Crippen molar-refractivity contribution in [2.45, 2.75) is 144 Å². The second kappa shape index (κ2) is 23.9. The van der Waals surface area contributed by atoms with Gasteiger partial charge in [-0.1, -0.05) is 12.1 Å². The first-order valence-electron chi connectivity index (χ1n) is 24.0. The molecule has 420 valence electrons. The van der Waals surface area contributed by atoms with Crippen molar-refractivity contribution >= 4 is 29.0 Å². The van der Waals surface area contributed by atoms with Gasteiger partial charge < -0.3 is 118 Å². The molecule has 3 aromatic carbocycles. The quantitative estimate of drug-likeness (QED) is 0.0431. The van der Waals surface area contributed by atoms with E-state index in [2.05, 4.69) is 0 Å². The lowest BCUT2D eigenvalue weighted by molar-refractivity contribution is -0.361. The Morgan fingerprint density at radius 1 is 0.610 bits per heavy atom. The van der Waals surface area contributed by atoms with Crippen LogP contribution in [0.2, 0.25) is 0 Å². The predicted octanol–water partition coefficient (Wildman–Crippen LogP) is -2.53. The number of carbonyl (C=O) groups excluding carboxylic acids is 2. The predicted molar refractivity (Wildman–Crippen MR) is 253 cm³/mol. The molecule has 0 bridgehead atoms. The number of hydrogen-bond donors (Lipinski definition) is 13. The van der Waals surface area contributed by atoms with E-state index in [0.29, 0.717) is 5.56 Å². The molecule has 8 rings (SSSR count). The van der Waals surface area contributed by atoms with Crippen molar-refractivity contribution in [3.8, 4) is 40.1 Å². The fourth-order valence-corrected chi connectivity index (χ4v) is 8.99. The maximum atomic E-state index is 14.4. The standard InChI is InChI=1S/C50H58O27/c1-18-42(70-20(3)52)37(62)40(65)48(69-18)71-25-14-26(55)31-27(15-25)72-44(22-7-11-24(54)12-8-22)45(34(31)59)76-50-39(64)36(61)33(58)29(74-50)17-67-47-41(66)46(77-49-38(63)35(60)32(57)28(16-51)73-49)43(19(2)68-47)75-30(56)13-6-21-4-9-23(53)10-5-21/h4-15,18-19,28-29,32-33,35-43,46-51,53-55,57-58,60-66H,16-17H2,1-3H3. The third-order valence-electron chi connectivity index (χ3n) is 13.1. The van der Waals surface area contributed by atoms with Crippen molar-refractivity contribution in [2.75, 3.05) is 13.2 Å². The van der Waals surface area contributed by atoms with Crippen LogP contribution in [0.3, 0.4) is 0 Å². The average Bonchev–Trinajstić information content (AvgIpc) is 3.39. The van der Waals surface area contributed by atoms with Gasteiger partial charge in [0.1, 0.15) is 107 Å². The highest BCUT2D eigenvalue weighted by Gasteiger charge is 2.53. The van der Waals surface area contributed by atoms with Gasteiger partial charge in [-0.15, -0.1) is 0 Å². The van der Waals surface area contributed by atoms with E-state index < -0.39 is 176 Å². The van der Waals surface area contributed by atoms with Gasteiger partial charge >= 0.3 is 11.9 Å². The van der Waals surface area contributed by atoms with Gasteiger partial charge in [-0.25, -0.2) is 4.79 Å². The fraction of sp³-hybridized carbons (Fsp3) is 0.500. The summed E-state index contributed by atoms with van der Waals surface area (Å²) >= 11 is 0. The summed E-state index contributed by atoms with van der Waals surface area (Å²) in [5, 5.41) is 139. The molecule has 0 amide bonds. The van der Waals surface area contributed by atoms with E-state index in [0.717, 1.165) is 25.1 Å². The van der Waals surface area contributed by atoms with Gasteiger partial charge in [-0.2, -0.15) is 0 Å². The smallest absolute Gasteiger partial charge is 0.331 e. The molecule has 4 saturated heterocycles. The molecule has 13 N–H and O–H groups in total. The Labute approximate surface area is 435 Å². The molecule has 4 aromatic rings. The van der Waals surface area contributed by atoms with Crippen molar-refractivity contribution in [1.29, 1.82) is 0 Å². The van der Waals surface area contributed by atoms with Crippen molar-refractivity contribution in [3.05, 3.63) is 82.5 Å². The van der Waals surface area contributed by atoms with Gasteiger partial charge in [0.15, 0.2) is 30.5 Å². The maximum absolute atomic E-state index is 14.4. The molecule has 1 aromatic heterocycles. The lowest BCUT2D eigenvalue weighted by atomic mass is 9.97. The Kier molecular flexibility index (Phi) is 17.7. The molecule has 0 radical (unpaired) electrons. The minimum absolute atomic E-state index is 0.0297. The summed E-state index contributed by atoms with van der Waals surface area (Å²) in [4.78, 5) is 39.2. The lowest BCUT2D eigenvalue weighted by Crippen LogP contribution is -2.65. The SMILES string of the molecule is CC(=O)OC1C(C)OC(Oc2cc(O)c3c(=O)c(OC4OC(COC5OC(C)C(OC(=O)C=Cc6ccc(O)cc6)C(OC6OC(CO)C(O)C(O)C6O)C5O)C(O)C(O)C4O)c(-c4ccc(O)cc4)oc3c2)C(O)C1O. The first-order valence-corrected chi connectivity index (χ1v) is 24.0. The molecule has 27 heteroatoms. The summed E-state index contributed by atoms with van der Waals surface area (Å²) in [6.07, 6.45) is -32.3. The zero-order chi connectivity index (χ0) is 55.7. The lowest BCUT2D eigenvalue weighted by Gasteiger charge is -2.46. The molecule has 5 heterocycles. The number of hydrogen-bond acceptors (Lipinski definition) is 27. The molecule has 20 unspecified atom stereocenters. The van der Waals surface area contributed by atoms with Gasteiger partial charge in [0.05, 0.1) is 25.4 Å². The topological polar surface area (TPSA) is 420 Å². The monoisotopic (exact) mass is 1090 g/mol. The number of aromatic hydroxyl groups is 3. The average molecular weight is 1090 g/mol. The minimum atomic E-state index is -2.13. The Morgan fingerprint density at radius 3 is 1.83 bits per heavy atom. The van der Waals surface area contributed by atoms with Crippen LogP contribution in [0.1, 0.15) is 26.3 Å². The van der Waals surface area contributed by atoms with Crippen LogP contribution in [0.4, 0.5) is 0 Å². The molecule has 27 nitrogen and oxygen atoms in total. The van der Waals surface area contributed by atoms with Crippen LogP contribution in [0.5, 0.6) is 28.7 Å². The Balaban J connectivity index is 1.03. The number of ether oxygens (including phenoxy) is 10. The summed E-state index contributed by atoms with van der Waals surface area (Å²) in [5.74, 6) is -4.17. The summed E-state index contributed by atoms with van der Waals surface area (Å²) < 4.78 is 63.2. The number of carbonyl (C=O) groups is 2. The van der Waals surface area contributed by atoms with E-state index >= 15 is 0 Å². The van der Waals surface area contributed by atoms with Crippen LogP contribution in [0.25, 0.3) is 28.4 Å². The van der Waals surface area contributed by atoms with Gasteiger partial charge in [-0.05, 0) is 61.9 Å². The second-order valence-corrected chi connectivity index (χ2v) is 18.6. The van der Waals surface area contributed by atoms with Crippen molar-refractivity contribution in [3.63, 3.8) is 0 Å². The van der Waals surface area contributed by atoms with Crippen LogP contribution < -0.4 is 14.9 Å². The van der Waals surface area contributed by atoms with Crippen LogP contribution in [0.15, 0.2) is 76.0 Å². The van der Waals surface area contributed by atoms with E-state index in [4.69, 9.17) is 51.8 Å². The van der Waals surface area contributed by atoms with E-state index in [1.54, 1.807) is 0 Å². The Morgan fingerprint density at radius 2 is 1.18 bits per heavy atom. The molecular formula is C50H58O27. The number of rotatable bonds is 15. The number of esters is 2. The van der Waals surface area contributed by atoms with Gasteiger partial charge in [-0.3, -0.25) is 9.59 Å². The van der Waals surface area contributed by atoms with Crippen LogP contribution in [-0.4, -0.2) is 214 Å². The Hall–Kier alpha value is -6.09. The zero-order valence-corrected chi connectivity index (χ0v) is 40.9. The molecular weight excluding hydrogens is 1030 g/mol. The molecule has 0 saturated carbocycles. The largest absolute Gasteiger partial charge is 0.508 e. The van der Waals surface area contributed by atoms with E-state index in [9.17, 15) is 80.8 Å². The Bertz CT molecular complexity index is 2770. The van der Waals surface area contributed by atoms with Crippen LogP contribution in [-0.2, 0) is 47.5 Å². The molecule has 0 aliphatic carbocycles. The van der Waals surface area contributed by atoms with Gasteiger partial charge in [0, 0.05) is 30.7 Å². The fourth-order valence-electron chi connectivity index (χ4n) is 8.99. The molecule has 4 aliphatic heterocycles. The van der Waals surface area contributed by atoms with Crippen molar-refractivity contribution in [2.24, 2.45) is 0 Å². The highest BCUT2D eigenvalue weighted by molar-refractivity contribution is 5.88. The van der Waals surface area contributed by atoms with Crippen LogP contribution in [0, 0.1) is 0 Å².